The molecule has 26 heavy (non-hydrogen) atoms. The first kappa shape index (κ1) is 22.3. The van der Waals surface area contributed by atoms with E-state index in [0.29, 0.717) is 32.8 Å². The van der Waals surface area contributed by atoms with Crippen LogP contribution in [0.25, 0.3) is 0 Å². The molecule has 0 aromatic heterocycles. The van der Waals surface area contributed by atoms with Crippen molar-refractivity contribution in [3.8, 4) is 0 Å². The lowest BCUT2D eigenvalue weighted by molar-refractivity contribution is -0.323. The fourth-order valence-corrected chi connectivity index (χ4v) is 3.74. The van der Waals surface area contributed by atoms with Gasteiger partial charge >= 0.3 is 5.97 Å². The second-order valence-corrected chi connectivity index (χ2v) is 6.71. The van der Waals surface area contributed by atoms with Gasteiger partial charge in [-0.1, -0.05) is 18.2 Å². The molecule has 0 heterocycles. The van der Waals surface area contributed by atoms with Crippen molar-refractivity contribution in [1.82, 2.24) is 5.32 Å². The molecule has 0 unspecified atom stereocenters. The van der Waals surface area contributed by atoms with Crippen molar-refractivity contribution in [2.75, 3.05) is 26.4 Å². The van der Waals surface area contributed by atoms with E-state index in [9.17, 15) is 9.59 Å². The van der Waals surface area contributed by atoms with Gasteiger partial charge in [-0.05, 0) is 39.3 Å². The van der Waals surface area contributed by atoms with Crippen LogP contribution in [0.5, 0.6) is 0 Å². The van der Waals surface area contributed by atoms with Gasteiger partial charge in [0.1, 0.15) is 0 Å². The Morgan fingerprint density at radius 2 is 1.58 bits per heavy atom. The normalized spacial score (nSPS) is 11.3. The lowest BCUT2D eigenvalue weighted by Gasteiger charge is -2.32. The molecule has 144 valence electrons. The summed E-state index contributed by atoms with van der Waals surface area (Å²) >= 11 is 0. The molecule has 0 fully saturated rings. The zero-order valence-electron chi connectivity index (χ0n) is 15.5. The summed E-state index contributed by atoms with van der Waals surface area (Å²) in [5, 5.41) is 11.9. The predicted octanol–water partition coefficient (Wildman–Crippen LogP) is 2.35. The van der Waals surface area contributed by atoms with Crippen LogP contribution in [-0.4, -0.2) is 58.5 Å². The van der Waals surface area contributed by atoms with Crippen LogP contribution >= 0.6 is 0 Å². The van der Waals surface area contributed by atoms with Crippen LogP contribution in [0.4, 0.5) is 0 Å². The van der Waals surface area contributed by atoms with E-state index in [1.54, 1.807) is 12.1 Å². The highest BCUT2D eigenvalue weighted by Gasteiger charge is 2.32. The molecule has 1 rings (SSSR count). The van der Waals surface area contributed by atoms with Crippen molar-refractivity contribution >= 4 is 21.4 Å². The average Bonchev–Trinajstić information content (AvgIpc) is 2.62. The van der Waals surface area contributed by atoms with Crippen molar-refractivity contribution in [1.29, 1.82) is 0 Å². The molecule has 1 aromatic carbocycles. The van der Waals surface area contributed by atoms with E-state index in [4.69, 9.17) is 19.3 Å². The molecule has 0 bridgehead atoms. The SMILES string of the molecule is CCOC(OCC)(OCC)[Si]CCCNC(=O)c1ccccc1C(=O)O. The molecule has 8 heteroatoms. The van der Waals surface area contributed by atoms with E-state index >= 15 is 0 Å². The van der Waals surface area contributed by atoms with E-state index in [1.165, 1.54) is 12.1 Å². The third-order valence-electron chi connectivity index (χ3n) is 3.39. The maximum atomic E-state index is 12.2. The summed E-state index contributed by atoms with van der Waals surface area (Å²) in [5.41, 5.74) is -0.859. The van der Waals surface area contributed by atoms with E-state index in [-0.39, 0.29) is 20.6 Å². The third kappa shape index (κ3) is 6.87. The van der Waals surface area contributed by atoms with Gasteiger partial charge in [0, 0.05) is 26.4 Å². The summed E-state index contributed by atoms with van der Waals surface area (Å²) < 4.78 is 17.0. The van der Waals surface area contributed by atoms with Gasteiger partial charge in [0.05, 0.1) is 11.1 Å². The van der Waals surface area contributed by atoms with Gasteiger partial charge in [-0.2, -0.15) is 0 Å². The van der Waals surface area contributed by atoms with Crippen LogP contribution in [0, 0.1) is 0 Å². The average molecular weight is 382 g/mol. The number of aromatic carboxylic acids is 1. The van der Waals surface area contributed by atoms with Crippen LogP contribution in [0.15, 0.2) is 24.3 Å². The smallest absolute Gasteiger partial charge is 0.336 e. The number of hydrogen-bond donors (Lipinski definition) is 2. The Hall–Kier alpha value is -1.74. The van der Waals surface area contributed by atoms with Crippen molar-refractivity contribution in [2.24, 2.45) is 0 Å². The fraction of sp³-hybridized carbons (Fsp3) is 0.556. The minimum absolute atomic E-state index is 0.00470. The Morgan fingerprint density at radius 3 is 2.08 bits per heavy atom. The van der Waals surface area contributed by atoms with Crippen LogP contribution in [0.1, 0.15) is 47.9 Å². The minimum Gasteiger partial charge on any atom is -0.478 e. The van der Waals surface area contributed by atoms with Crippen LogP contribution < -0.4 is 5.32 Å². The van der Waals surface area contributed by atoms with E-state index in [0.717, 1.165) is 6.04 Å². The van der Waals surface area contributed by atoms with Gasteiger partial charge in [0.15, 0.2) is 9.52 Å². The Morgan fingerprint density at radius 1 is 1.04 bits per heavy atom. The molecular formula is C18H27NO6Si. The monoisotopic (exact) mass is 381 g/mol. The Bertz CT molecular complexity index is 564. The summed E-state index contributed by atoms with van der Waals surface area (Å²) in [6.07, 6.45) is 0.703. The first-order valence-electron chi connectivity index (χ1n) is 8.77. The quantitative estimate of drug-likeness (QED) is 0.309. The maximum Gasteiger partial charge on any atom is 0.336 e. The molecule has 0 spiro atoms. The first-order valence-corrected chi connectivity index (χ1v) is 9.97. The Balaban J connectivity index is 2.50. The lowest BCUT2D eigenvalue weighted by Crippen LogP contribution is -2.45. The summed E-state index contributed by atoms with van der Waals surface area (Å²) in [6, 6.07) is 6.91. The number of carbonyl (C=O) groups is 2. The summed E-state index contributed by atoms with van der Waals surface area (Å²) in [7, 11) is 0.266. The van der Waals surface area contributed by atoms with Gasteiger partial charge in [-0.25, -0.2) is 4.79 Å². The second kappa shape index (κ2) is 11.8. The largest absolute Gasteiger partial charge is 0.478 e. The molecule has 0 aliphatic carbocycles. The molecule has 1 aromatic rings. The zero-order valence-corrected chi connectivity index (χ0v) is 16.5. The molecular weight excluding hydrogens is 354 g/mol. The van der Waals surface area contributed by atoms with Crippen molar-refractivity contribution < 1.29 is 28.9 Å². The van der Waals surface area contributed by atoms with Crippen LogP contribution in [-0.2, 0) is 14.2 Å². The molecule has 0 aliphatic rings. The standard InChI is InChI=1S/C18H27NO6Si/c1-4-23-18(24-5-2,25-6-3)26-13-9-12-19-16(20)14-10-7-8-11-15(14)17(21)22/h7-8,10-11H,4-6,9,12-13H2,1-3H3,(H,19,20)(H,21,22). The fourth-order valence-electron chi connectivity index (χ4n) is 2.34. The van der Waals surface area contributed by atoms with E-state index in [2.05, 4.69) is 5.32 Å². The zero-order chi connectivity index (χ0) is 19.4. The molecule has 2 radical (unpaired) electrons. The number of rotatable bonds is 13. The second-order valence-electron chi connectivity index (χ2n) is 5.24. The number of carboxylic acid groups (broad SMARTS) is 1. The van der Waals surface area contributed by atoms with Gasteiger partial charge in [0.25, 0.3) is 11.5 Å². The number of carbonyl (C=O) groups excluding carboxylic acids is 1. The molecule has 0 saturated carbocycles. The number of nitrogens with one attached hydrogen (secondary N) is 1. The number of ether oxygens (including phenoxy) is 3. The van der Waals surface area contributed by atoms with Gasteiger partial charge in [-0.15, -0.1) is 0 Å². The van der Waals surface area contributed by atoms with Crippen LogP contribution in [0.2, 0.25) is 6.04 Å². The lowest BCUT2D eigenvalue weighted by atomic mass is 10.1. The third-order valence-corrected chi connectivity index (χ3v) is 4.86. The molecule has 0 atom stereocenters. The van der Waals surface area contributed by atoms with Crippen molar-refractivity contribution in [3.63, 3.8) is 0 Å². The first-order chi connectivity index (χ1) is 12.5. The topological polar surface area (TPSA) is 94.1 Å². The van der Waals surface area contributed by atoms with Crippen molar-refractivity contribution in [3.05, 3.63) is 35.4 Å². The maximum absolute atomic E-state index is 12.2. The summed E-state index contributed by atoms with van der Waals surface area (Å²) in [6.45, 7) is 7.54. The molecule has 2 N–H and O–H groups in total. The number of carboxylic acids is 1. The van der Waals surface area contributed by atoms with Gasteiger partial charge < -0.3 is 24.6 Å². The number of hydrogen-bond acceptors (Lipinski definition) is 5. The van der Waals surface area contributed by atoms with E-state index in [1.807, 2.05) is 20.8 Å². The Labute approximate surface area is 156 Å². The van der Waals surface area contributed by atoms with Crippen LogP contribution in [0.3, 0.4) is 0 Å². The predicted molar refractivity (Wildman–Crippen MR) is 98.5 cm³/mol. The van der Waals surface area contributed by atoms with Gasteiger partial charge in [-0.3, -0.25) is 4.79 Å². The molecule has 1 amide bonds. The number of benzene rings is 1. The van der Waals surface area contributed by atoms with Crippen molar-refractivity contribution in [2.45, 2.75) is 38.8 Å². The molecule has 0 aliphatic heterocycles. The summed E-state index contributed by atoms with van der Waals surface area (Å²) in [5.74, 6) is -1.51. The summed E-state index contributed by atoms with van der Waals surface area (Å²) in [4.78, 5) is 23.4. The Kier molecular flexibility index (Phi) is 10.1. The van der Waals surface area contributed by atoms with E-state index < -0.39 is 17.5 Å². The number of amides is 1. The highest BCUT2D eigenvalue weighted by molar-refractivity contribution is 6.38. The highest BCUT2D eigenvalue weighted by Crippen LogP contribution is 2.16. The highest BCUT2D eigenvalue weighted by atomic mass is 28.2. The molecule has 0 saturated heterocycles. The van der Waals surface area contributed by atoms with Gasteiger partial charge in [0.2, 0.25) is 0 Å². The molecule has 7 nitrogen and oxygen atoms in total. The minimum atomic E-state index is -1.12.